The van der Waals surface area contributed by atoms with Crippen LogP contribution in [0.15, 0.2) is 83.8 Å². The zero-order chi connectivity index (χ0) is 20.9. The number of carbonyl (C=O) groups excluding carboxylic acids is 1. The largest absolute Gasteiger partial charge is 0.326 e. The fourth-order valence-corrected chi connectivity index (χ4v) is 4.01. The van der Waals surface area contributed by atoms with E-state index >= 15 is 0 Å². The molecule has 0 spiro atoms. The maximum absolute atomic E-state index is 13.2. The lowest BCUT2D eigenvalue weighted by Crippen LogP contribution is -2.26. The van der Waals surface area contributed by atoms with Crippen molar-refractivity contribution in [3.63, 3.8) is 0 Å². The number of hydrogen-bond acceptors (Lipinski definition) is 3. The summed E-state index contributed by atoms with van der Waals surface area (Å²) in [4.78, 5) is 12.3. The summed E-state index contributed by atoms with van der Waals surface area (Å²) in [6, 6.07) is 21.1. The van der Waals surface area contributed by atoms with Crippen LogP contribution in [0.2, 0.25) is 0 Å². The molecule has 0 saturated heterocycles. The molecule has 0 aliphatic rings. The first-order valence-electron chi connectivity index (χ1n) is 8.99. The molecule has 0 heterocycles. The Balaban J connectivity index is 1.65. The number of benzene rings is 3. The van der Waals surface area contributed by atoms with Crippen molar-refractivity contribution in [2.45, 2.75) is 17.9 Å². The van der Waals surface area contributed by atoms with Crippen LogP contribution in [-0.2, 0) is 27.8 Å². The van der Waals surface area contributed by atoms with E-state index in [1.165, 1.54) is 47.8 Å². The van der Waals surface area contributed by atoms with E-state index in [-0.39, 0.29) is 23.8 Å². The highest BCUT2D eigenvalue weighted by Gasteiger charge is 2.20. The molecule has 3 aromatic carbocycles. The molecule has 0 fully saturated rings. The van der Waals surface area contributed by atoms with Crippen LogP contribution >= 0.6 is 0 Å². The fraction of sp³-hybridized carbons (Fsp3) is 0.136. The lowest BCUT2D eigenvalue weighted by atomic mass is 10.1. The van der Waals surface area contributed by atoms with Crippen molar-refractivity contribution in [3.05, 3.63) is 95.8 Å². The molecule has 7 heteroatoms. The summed E-state index contributed by atoms with van der Waals surface area (Å²) in [5.41, 5.74) is 1.92. The lowest BCUT2D eigenvalue weighted by Gasteiger charge is -2.17. The van der Waals surface area contributed by atoms with E-state index in [0.29, 0.717) is 11.3 Å². The van der Waals surface area contributed by atoms with Gasteiger partial charge in [-0.25, -0.2) is 12.8 Å². The molecule has 29 heavy (non-hydrogen) atoms. The smallest absolute Gasteiger partial charge is 0.243 e. The number of halogens is 1. The molecule has 0 aromatic heterocycles. The van der Waals surface area contributed by atoms with Gasteiger partial charge in [0.05, 0.1) is 11.3 Å². The van der Waals surface area contributed by atoms with Crippen molar-refractivity contribution in [2.75, 3.05) is 12.4 Å². The van der Waals surface area contributed by atoms with Gasteiger partial charge in [-0.05, 0) is 47.5 Å². The molecule has 3 aromatic rings. The van der Waals surface area contributed by atoms with E-state index < -0.39 is 15.8 Å². The molecule has 0 saturated carbocycles. The number of sulfonamides is 1. The number of amides is 1. The van der Waals surface area contributed by atoms with Gasteiger partial charge < -0.3 is 5.32 Å². The second kappa shape index (κ2) is 8.98. The summed E-state index contributed by atoms with van der Waals surface area (Å²) in [6.07, 6.45) is 0.0254. The number of rotatable bonds is 7. The molecule has 3 rings (SSSR count). The lowest BCUT2D eigenvalue weighted by molar-refractivity contribution is -0.115. The molecule has 150 valence electrons. The van der Waals surface area contributed by atoms with Crippen LogP contribution in [0, 0.1) is 5.82 Å². The molecule has 0 unspecified atom stereocenters. The van der Waals surface area contributed by atoms with Gasteiger partial charge in [0.1, 0.15) is 5.82 Å². The minimum Gasteiger partial charge on any atom is -0.326 e. The number of anilines is 1. The van der Waals surface area contributed by atoms with E-state index in [2.05, 4.69) is 5.32 Å². The maximum atomic E-state index is 13.2. The summed E-state index contributed by atoms with van der Waals surface area (Å²) in [5, 5.41) is 2.69. The molecule has 0 aliphatic heterocycles. The van der Waals surface area contributed by atoms with Crippen molar-refractivity contribution >= 4 is 21.6 Å². The Hall–Kier alpha value is -3.03. The number of hydrogen-bond donors (Lipinski definition) is 1. The summed E-state index contributed by atoms with van der Waals surface area (Å²) >= 11 is 0. The summed E-state index contributed by atoms with van der Waals surface area (Å²) in [7, 11) is -2.13. The van der Waals surface area contributed by atoms with Gasteiger partial charge in [0.2, 0.25) is 15.9 Å². The van der Waals surface area contributed by atoms with Gasteiger partial charge >= 0.3 is 0 Å². The predicted molar refractivity (Wildman–Crippen MR) is 110 cm³/mol. The topological polar surface area (TPSA) is 66.5 Å². The Labute approximate surface area is 169 Å². The van der Waals surface area contributed by atoms with E-state index in [1.807, 2.05) is 30.3 Å². The first kappa shape index (κ1) is 20.7. The third-order valence-electron chi connectivity index (χ3n) is 4.35. The van der Waals surface area contributed by atoms with Gasteiger partial charge in [-0.15, -0.1) is 0 Å². The Kier molecular flexibility index (Phi) is 6.41. The minimum atomic E-state index is -3.66. The molecule has 0 aliphatic carbocycles. The van der Waals surface area contributed by atoms with Crippen molar-refractivity contribution in [1.29, 1.82) is 0 Å². The van der Waals surface area contributed by atoms with Crippen LogP contribution in [0.4, 0.5) is 10.1 Å². The Morgan fingerprint density at radius 3 is 2.24 bits per heavy atom. The standard InChI is InChI=1S/C22H21FN2O3S/c1-25(16-17-6-3-2-4-7-17)29(27,28)21-12-10-20(11-13-21)24-22(26)15-18-8-5-9-19(23)14-18/h2-14H,15-16H2,1H3,(H,24,26). The Morgan fingerprint density at radius 2 is 1.59 bits per heavy atom. The SMILES string of the molecule is CN(Cc1ccccc1)S(=O)(=O)c1ccc(NC(=O)Cc2cccc(F)c2)cc1. The monoisotopic (exact) mass is 412 g/mol. The van der Waals surface area contributed by atoms with Crippen molar-refractivity contribution in [3.8, 4) is 0 Å². The van der Waals surface area contributed by atoms with Gasteiger partial charge in [-0.2, -0.15) is 4.31 Å². The van der Waals surface area contributed by atoms with E-state index in [4.69, 9.17) is 0 Å². The molecule has 0 atom stereocenters. The third kappa shape index (κ3) is 5.49. The van der Waals surface area contributed by atoms with E-state index in [1.54, 1.807) is 12.1 Å². The first-order valence-corrected chi connectivity index (χ1v) is 10.4. The highest BCUT2D eigenvalue weighted by molar-refractivity contribution is 7.89. The zero-order valence-electron chi connectivity index (χ0n) is 15.9. The van der Waals surface area contributed by atoms with Crippen LogP contribution in [0.5, 0.6) is 0 Å². The van der Waals surface area contributed by atoms with Crippen LogP contribution in [0.3, 0.4) is 0 Å². The van der Waals surface area contributed by atoms with Crippen LogP contribution in [-0.4, -0.2) is 25.7 Å². The van der Waals surface area contributed by atoms with Crippen molar-refractivity contribution < 1.29 is 17.6 Å². The van der Waals surface area contributed by atoms with Gasteiger partial charge in [-0.1, -0.05) is 42.5 Å². The Bertz CT molecular complexity index is 1080. The van der Waals surface area contributed by atoms with E-state index in [9.17, 15) is 17.6 Å². The van der Waals surface area contributed by atoms with Crippen LogP contribution < -0.4 is 5.32 Å². The number of carbonyl (C=O) groups is 1. The molecular weight excluding hydrogens is 391 g/mol. The molecule has 5 nitrogen and oxygen atoms in total. The number of nitrogens with zero attached hydrogens (tertiary/aromatic N) is 1. The second-order valence-corrected chi connectivity index (χ2v) is 8.67. The summed E-state index contributed by atoms with van der Waals surface area (Å²) < 4.78 is 40.0. The van der Waals surface area contributed by atoms with Crippen molar-refractivity contribution in [1.82, 2.24) is 4.31 Å². The normalized spacial score (nSPS) is 11.4. The molecule has 1 N–H and O–H groups in total. The number of nitrogens with one attached hydrogen (secondary N) is 1. The van der Waals surface area contributed by atoms with Gasteiger partial charge in [0.25, 0.3) is 0 Å². The molecule has 1 amide bonds. The molecule has 0 bridgehead atoms. The minimum absolute atomic E-state index is 0.0254. The third-order valence-corrected chi connectivity index (χ3v) is 6.17. The molecular formula is C22H21FN2O3S. The van der Waals surface area contributed by atoms with Gasteiger partial charge in [0, 0.05) is 19.3 Å². The average molecular weight is 412 g/mol. The van der Waals surface area contributed by atoms with Gasteiger partial charge in [0.15, 0.2) is 0 Å². The van der Waals surface area contributed by atoms with Gasteiger partial charge in [-0.3, -0.25) is 4.79 Å². The quantitative estimate of drug-likeness (QED) is 0.641. The zero-order valence-corrected chi connectivity index (χ0v) is 16.7. The summed E-state index contributed by atoms with van der Waals surface area (Å²) in [6.45, 7) is 0.259. The first-order chi connectivity index (χ1) is 13.8. The molecule has 0 radical (unpaired) electrons. The maximum Gasteiger partial charge on any atom is 0.243 e. The van der Waals surface area contributed by atoms with E-state index in [0.717, 1.165) is 5.56 Å². The average Bonchev–Trinajstić information content (AvgIpc) is 2.69. The van der Waals surface area contributed by atoms with Crippen LogP contribution in [0.25, 0.3) is 0 Å². The Morgan fingerprint density at radius 1 is 0.931 bits per heavy atom. The summed E-state index contributed by atoms with van der Waals surface area (Å²) in [5.74, 6) is -0.711. The van der Waals surface area contributed by atoms with Crippen molar-refractivity contribution in [2.24, 2.45) is 0 Å². The predicted octanol–water partition coefficient (Wildman–Crippen LogP) is 3.83. The second-order valence-electron chi connectivity index (χ2n) is 6.63. The fourth-order valence-electron chi connectivity index (χ4n) is 2.85. The van der Waals surface area contributed by atoms with Crippen LogP contribution in [0.1, 0.15) is 11.1 Å². The highest BCUT2D eigenvalue weighted by Crippen LogP contribution is 2.19. The highest BCUT2D eigenvalue weighted by atomic mass is 32.2.